The van der Waals surface area contributed by atoms with Gasteiger partial charge >= 0.3 is 0 Å². The summed E-state index contributed by atoms with van der Waals surface area (Å²) in [7, 11) is 0. The molecule has 1 aromatic carbocycles. The van der Waals surface area contributed by atoms with Crippen molar-refractivity contribution in [3.8, 4) is 0 Å². The third kappa shape index (κ3) is 1.16. The van der Waals surface area contributed by atoms with Gasteiger partial charge in [0.25, 0.3) is 0 Å². The van der Waals surface area contributed by atoms with E-state index >= 15 is 0 Å². The first-order valence-corrected chi connectivity index (χ1v) is 6.66. The van der Waals surface area contributed by atoms with Crippen molar-refractivity contribution >= 4 is 26.8 Å². The fourth-order valence-electron chi connectivity index (χ4n) is 3.26. The molecule has 2 aliphatic rings. The van der Waals surface area contributed by atoms with Crippen molar-refractivity contribution in [2.45, 2.75) is 31.3 Å². The van der Waals surface area contributed by atoms with Crippen LogP contribution in [0.5, 0.6) is 0 Å². The first kappa shape index (κ1) is 9.25. The molecule has 0 aliphatic carbocycles. The van der Waals surface area contributed by atoms with Crippen LogP contribution in [0.15, 0.2) is 22.7 Å². The standard InChI is InChI=1S/C13H13BrN2/c14-7-1-3-9-11(5-7)16-12-6-8-2-4-10(15-8)13(9)12/h1,3,5,8,10,15-16H,2,4,6H2. The van der Waals surface area contributed by atoms with Crippen LogP contribution in [0.4, 0.5) is 0 Å². The minimum absolute atomic E-state index is 0.587. The number of hydrogen-bond donors (Lipinski definition) is 2. The lowest BCUT2D eigenvalue weighted by atomic mass is 9.99. The minimum Gasteiger partial charge on any atom is -0.358 e. The molecular weight excluding hydrogens is 264 g/mol. The van der Waals surface area contributed by atoms with Gasteiger partial charge in [0.05, 0.1) is 0 Å². The van der Waals surface area contributed by atoms with E-state index in [-0.39, 0.29) is 0 Å². The van der Waals surface area contributed by atoms with Crippen molar-refractivity contribution in [2.24, 2.45) is 0 Å². The van der Waals surface area contributed by atoms with E-state index in [1.54, 1.807) is 0 Å². The molecule has 0 amide bonds. The number of aromatic amines is 1. The van der Waals surface area contributed by atoms with Gasteiger partial charge in [-0.3, -0.25) is 0 Å². The van der Waals surface area contributed by atoms with E-state index in [4.69, 9.17) is 0 Å². The number of aromatic nitrogens is 1. The maximum Gasteiger partial charge on any atom is 0.0470 e. The molecule has 0 spiro atoms. The molecule has 0 saturated carbocycles. The normalized spacial score (nSPS) is 27.3. The lowest BCUT2D eigenvalue weighted by molar-refractivity contribution is 0.513. The molecule has 2 aliphatic heterocycles. The van der Waals surface area contributed by atoms with E-state index in [0.29, 0.717) is 12.1 Å². The van der Waals surface area contributed by atoms with Crippen molar-refractivity contribution in [3.63, 3.8) is 0 Å². The van der Waals surface area contributed by atoms with E-state index in [2.05, 4.69) is 44.4 Å². The zero-order chi connectivity index (χ0) is 10.7. The summed E-state index contributed by atoms with van der Waals surface area (Å²) in [5.41, 5.74) is 4.25. The summed E-state index contributed by atoms with van der Waals surface area (Å²) < 4.78 is 1.15. The highest BCUT2D eigenvalue weighted by atomic mass is 79.9. The van der Waals surface area contributed by atoms with Crippen LogP contribution in [-0.2, 0) is 6.42 Å². The topological polar surface area (TPSA) is 27.8 Å². The summed E-state index contributed by atoms with van der Waals surface area (Å²) in [6.45, 7) is 0. The van der Waals surface area contributed by atoms with E-state index in [1.807, 2.05) is 0 Å². The zero-order valence-corrected chi connectivity index (χ0v) is 10.5. The fourth-order valence-corrected chi connectivity index (χ4v) is 3.62. The van der Waals surface area contributed by atoms with Crippen LogP contribution in [0, 0.1) is 0 Å². The molecule has 1 saturated heterocycles. The van der Waals surface area contributed by atoms with Crippen molar-refractivity contribution in [1.82, 2.24) is 10.3 Å². The number of fused-ring (bicyclic) bond motifs is 6. The van der Waals surface area contributed by atoms with E-state index in [0.717, 1.165) is 10.9 Å². The molecule has 2 aromatic rings. The Balaban J connectivity index is 2.02. The van der Waals surface area contributed by atoms with Gasteiger partial charge in [0.15, 0.2) is 0 Å². The first-order chi connectivity index (χ1) is 7.81. The maximum atomic E-state index is 3.71. The Morgan fingerprint density at radius 2 is 2.19 bits per heavy atom. The Bertz CT molecular complexity index is 573. The van der Waals surface area contributed by atoms with Gasteiger partial charge in [-0.25, -0.2) is 0 Å². The third-order valence-corrected chi connectivity index (χ3v) is 4.42. The molecule has 2 bridgehead atoms. The van der Waals surface area contributed by atoms with Gasteiger partial charge in [-0.1, -0.05) is 22.0 Å². The van der Waals surface area contributed by atoms with Gasteiger partial charge in [0, 0.05) is 39.6 Å². The molecule has 2 N–H and O–H groups in total. The van der Waals surface area contributed by atoms with E-state index in [9.17, 15) is 0 Å². The molecular formula is C13H13BrN2. The van der Waals surface area contributed by atoms with Gasteiger partial charge in [-0.15, -0.1) is 0 Å². The van der Waals surface area contributed by atoms with Gasteiger partial charge < -0.3 is 10.3 Å². The average Bonchev–Trinajstić information content (AvgIpc) is 2.80. The highest BCUT2D eigenvalue weighted by molar-refractivity contribution is 9.10. The lowest BCUT2D eigenvalue weighted by Crippen LogP contribution is -2.31. The Labute approximate surface area is 103 Å². The monoisotopic (exact) mass is 276 g/mol. The molecule has 1 fully saturated rings. The van der Waals surface area contributed by atoms with Crippen molar-refractivity contribution in [1.29, 1.82) is 0 Å². The molecule has 0 radical (unpaired) electrons. The number of halogens is 1. The largest absolute Gasteiger partial charge is 0.358 e. The Kier molecular flexibility index (Phi) is 1.80. The van der Waals surface area contributed by atoms with Crippen LogP contribution in [0.1, 0.15) is 30.1 Å². The number of benzene rings is 1. The molecule has 2 atom stereocenters. The Morgan fingerprint density at radius 1 is 1.25 bits per heavy atom. The van der Waals surface area contributed by atoms with E-state index < -0.39 is 0 Å². The third-order valence-electron chi connectivity index (χ3n) is 3.92. The second-order valence-corrected chi connectivity index (χ2v) is 5.82. The van der Waals surface area contributed by atoms with Crippen LogP contribution in [-0.4, -0.2) is 11.0 Å². The Hall–Kier alpha value is -0.800. The number of H-pyrrole nitrogens is 1. The van der Waals surface area contributed by atoms with Crippen molar-refractivity contribution < 1.29 is 0 Å². The lowest BCUT2D eigenvalue weighted by Gasteiger charge is -2.21. The van der Waals surface area contributed by atoms with Gasteiger partial charge in [-0.05, 0) is 30.5 Å². The molecule has 2 unspecified atom stereocenters. The SMILES string of the molecule is Brc1ccc2c3c([nH]c2c1)CC1CCC3N1. The van der Waals surface area contributed by atoms with Crippen LogP contribution < -0.4 is 5.32 Å². The molecule has 3 heterocycles. The second kappa shape index (κ2) is 3.11. The van der Waals surface area contributed by atoms with Gasteiger partial charge in [-0.2, -0.15) is 0 Å². The smallest absolute Gasteiger partial charge is 0.0470 e. The quantitative estimate of drug-likeness (QED) is 0.760. The maximum absolute atomic E-state index is 3.71. The van der Waals surface area contributed by atoms with Crippen molar-refractivity contribution in [2.75, 3.05) is 0 Å². The highest BCUT2D eigenvalue weighted by Gasteiger charge is 2.34. The van der Waals surface area contributed by atoms with E-state index in [1.165, 1.54) is 35.0 Å². The summed E-state index contributed by atoms with van der Waals surface area (Å²) in [6.07, 6.45) is 3.78. The highest BCUT2D eigenvalue weighted by Crippen LogP contribution is 2.40. The summed E-state index contributed by atoms with van der Waals surface area (Å²) >= 11 is 3.53. The zero-order valence-electron chi connectivity index (χ0n) is 8.89. The molecule has 16 heavy (non-hydrogen) atoms. The summed E-state index contributed by atoms with van der Waals surface area (Å²) in [6, 6.07) is 7.84. The van der Waals surface area contributed by atoms with Crippen molar-refractivity contribution in [3.05, 3.63) is 33.9 Å². The summed E-state index contributed by atoms with van der Waals surface area (Å²) in [5.74, 6) is 0. The molecule has 3 heteroatoms. The summed E-state index contributed by atoms with van der Waals surface area (Å²) in [5, 5.41) is 5.11. The summed E-state index contributed by atoms with van der Waals surface area (Å²) in [4.78, 5) is 3.59. The fraction of sp³-hybridized carbons (Fsp3) is 0.385. The molecule has 4 rings (SSSR count). The number of nitrogens with one attached hydrogen (secondary N) is 2. The first-order valence-electron chi connectivity index (χ1n) is 5.87. The molecule has 1 aromatic heterocycles. The molecule has 2 nitrogen and oxygen atoms in total. The molecule has 82 valence electrons. The van der Waals surface area contributed by atoms with Crippen LogP contribution in [0.2, 0.25) is 0 Å². The predicted octanol–water partition coefficient (Wildman–Crippen LogP) is 3.28. The van der Waals surface area contributed by atoms with Crippen LogP contribution >= 0.6 is 15.9 Å². The average molecular weight is 277 g/mol. The minimum atomic E-state index is 0.587. The van der Waals surface area contributed by atoms with Crippen LogP contribution in [0.3, 0.4) is 0 Å². The van der Waals surface area contributed by atoms with Gasteiger partial charge in [0.2, 0.25) is 0 Å². The second-order valence-electron chi connectivity index (χ2n) is 4.90. The van der Waals surface area contributed by atoms with Crippen LogP contribution in [0.25, 0.3) is 10.9 Å². The number of hydrogen-bond acceptors (Lipinski definition) is 1. The number of rotatable bonds is 0. The Morgan fingerprint density at radius 3 is 3.12 bits per heavy atom. The van der Waals surface area contributed by atoms with Gasteiger partial charge in [0.1, 0.15) is 0 Å². The predicted molar refractivity (Wildman–Crippen MR) is 68.6 cm³/mol.